The van der Waals surface area contributed by atoms with Crippen LogP contribution in [-0.2, 0) is 6.54 Å². The van der Waals surface area contributed by atoms with E-state index in [-0.39, 0.29) is 5.91 Å². The van der Waals surface area contributed by atoms with Gasteiger partial charge < -0.3 is 15.5 Å². The van der Waals surface area contributed by atoms with Gasteiger partial charge in [-0.05, 0) is 24.6 Å². The van der Waals surface area contributed by atoms with E-state index in [0.29, 0.717) is 12.3 Å². The molecule has 2 rings (SSSR count). The summed E-state index contributed by atoms with van der Waals surface area (Å²) in [4.78, 5) is 11.9. The molecule has 0 aliphatic heterocycles. The van der Waals surface area contributed by atoms with Crippen molar-refractivity contribution < 1.29 is 9.21 Å². The highest BCUT2D eigenvalue weighted by atomic mass is 16.3. The van der Waals surface area contributed by atoms with Crippen molar-refractivity contribution in [1.82, 2.24) is 0 Å². The summed E-state index contributed by atoms with van der Waals surface area (Å²) in [5, 5.41) is 2.79. The first-order valence-electron chi connectivity index (χ1n) is 5.36. The lowest BCUT2D eigenvalue weighted by molar-refractivity contribution is 0.0996. The lowest BCUT2D eigenvalue weighted by Gasteiger charge is -2.08. The van der Waals surface area contributed by atoms with E-state index in [4.69, 9.17) is 10.2 Å². The summed E-state index contributed by atoms with van der Waals surface area (Å²) in [6.45, 7) is 2.21. The van der Waals surface area contributed by atoms with E-state index in [1.54, 1.807) is 6.07 Å². The van der Waals surface area contributed by atoms with Gasteiger partial charge in [-0.1, -0.05) is 18.2 Å². The second-order valence-electron chi connectivity index (χ2n) is 3.75. The zero-order valence-corrected chi connectivity index (χ0v) is 9.57. The average Bonchev–Trinajstić information content (AvgIpc) is 2.76. The van der Waals surface area contributed by atoms with Crippen LogP contribution in [0, 0.1) is 6.92 Å². The summed E-state index contributed by atoms with van der Waals surface area (Å²) in [7, 11) is 0. The molecule has 1 aromatic heterocycles. The number of carbonyl (C=O) groups excluding carboxylic acids is 1. The molecule has 4 heteroatoms. The third-order valence-electron chi connectivity index (χ3n) is 2.55. The fourth-order valence-corrected chi connectivity index (χ4v) is 1.60. The van der Waals surface area contributed by atoms with Gasteiger partial charge in [0.05, 0.1) is 6.26 Å². The van der Waals surface area contributed by atoms with Crippen LogP contribution in [0.5, 0.6) is 0 Å². The third kappa shape index (κ3) is 2.37. The number of rotatable bonds is 3. The van der Waals surface area contributed by atoms with E-state index >= 15 is 0 Å². The summed E-state index contributed by atoms with van der Waals surface area (Å²) in [5.41, 5.74) is 8.02. The van der Waals surface area contributed by atoms with Crippen LogP contribution < -0.4 is 11.1 Å². The molecule has 1 amide bonds. The highest BCUT2D eigenvalue weighted by Gasteiger charge is 2.13. The molecule has 1 heterocycles. The molecule has 0 saturated carbocycles. The van der Waals surface area contributed by atoms with Gasteiger partial charge in [-0.3, -0.25) is 4.79 Å². The van der Waals surface area contributed by atoms with Gasteiger partial charge in [0, 0.05) is 17.8 Å². The molecule has 3 N–H and O–H groups in total. The van der Waals surface area contributed by atoms with Gasteiger partial charge in [-0.15, -0.1) is 0 Å². The molecule has 0 saturated heterocycles. The van der Waals surface area contributed by atoms with Gasteiger partial charge in [0.25, 0.3) is 5.91 Å². The SMILES string of the molecule is Cc1ccoc1C(=O)Nc1ccccc1CN. The Bertz CT molecular complexity index is 532. The molecule has 88 valence electrons. The van der Waals surface area contributed by atoms with Gasteiger partial charge in [-0.2, -0.15) is 0 Å². The van der Waals surface area contributed by atoms with Crippen LogP contribution in [-0.4, -0.2) is 5.91 Å². The first kappa shape index (κ1) is 11.4. The number of benzene rings is 1. The van der Waals surface area contributed by atoms with Gasteiger partial charge in [0.1, 0.15) is 0 Å². The summed E-state index contributed by atoms with van der Waals surface area (Å²) in [6.07, 6.45) is 1.50. The van der Waals surface area contributed by atoms with Crippen LogP contribution in [0.25, 0.3) is 0 Å². The third-order valence-corrected chi connectivity index (χ3v) is 2.55. The Morgan fingerprint density at radius 2 is 2.12 bits per heavy atom. The van der Waals surface area contributed by atoms with Crippen LogP contribution in [0.2, 0.25) is 0 Å². The van der Waals surface area contributed by atoms with Crippen molar-refractivity contribution in [2.45, 2.75) is 13.5 Å². The lowest BCUT2D eigenvalue weighted by atomic mass is 10.1. The molecule has 0 atom stereocenters. The number of hydrogen-bond donors (Lipinski definition) is 2. The van der Waals surface area contributed by atoms with Crippen LogP contribution in [0.1, 0.15) is 21.7 Å². The predicted molar refractivity (Wildman–Crippen MR) is 65.7 cm³/mol. The predicted octanol–water partition coefficient (Wildman–Crippen LogP) is 2.30. The summed E-state index contributed by atoms with van der Waals surface area (Å²) in [6, 6.07) is 9.19. The van der Waals surface area contributed by atoms with E-state index in [9.17, 15) is 4.79 Å². The molecule has 0 fully saturated rings. The Labute approximate surface area is 99.4 Å². The summed E-state index contributed by atoms with van der Waals surface area (Å²) < 4.78 is 5.13. The number of furan rings is 1. The largest absolute Gasteiger partial charge is 0.459 e. The van der Waals surface area contributed by atoms with Gasteiger partial charge in [0.2, 0.25) is 0 Å². The minimum atomic E-state index is -0.256. The number of carbonyl (C=O) groups is 1. The molecular formula is C13H14N2O2. The Balaban J connectivity index is 2.22. The Morgan fingerprint density at radius 3 is 2.76 bits per heavy atom. The van der Waals surface area contributed by atoms with Crippen molar-refractivity contribution in [2.24, 2.45) is 5.73 Å². The number of para-hydroxylation sites is 1. The fraction of sp³-hybridized carbons (Fsp3) is 0.154. The first-order valence-corrected chi connectivity index (χ1v) is 5.36. The number of amides is 1. The standard InChI is InChI=1S/C13H14N2O2/c1-9-6-7-17-12(9)13(16)15-11-5-3-2-4-10(11)8-14/h2-7H,8,14H2,1H3,(H,15,16). The van der Waals surface area contributed by atoms with E-state index in [0.717, 1.165) is 16.8 Å². The first-order chi connectivity index (χ1) is 8.22. The van der Waals surface area contributed by atoms with Crippen molar-refractivity contribution in [3.63, 3.8) is 0 Å². The van der Waals surface area contributed by atoms with Crippen molar-refractivity contribution in [3.05, 3.63) is 53.5 Å². The summed E-state index contributed by atoms with van der Waals surface area (Å²) in [5.74, 6) is 0.0743. The van der Waals surface area contributed by atoms with Crippen LogP contribution in [0.15, 0.2) is 41.0 Å². The molecule has 0 bridgehead atoms. The van der Waals surface area contributed by atoms with E-state index in [1.807, 2.05) is 31.2 Å². The monoisotopic (exact) mass is 230 g/mol. The maximum absolute atomic E-state index is 11.9. The van der Waals surface area contributed by atoms with Crippen LogP contribution in [0.4, 0.5) is 5.69 Å². The zero-order valence-electron chi connectivity index (χ0n) is 9.57. The Hall–Kier alpha value is -2.07. The van der Waals surface area contributed by atoms with Crippen molar-refractivity contribution in [2.75, 3.05) is 5.32 Å². The molecule has 0 aliphatic rings. The smallest absolute Gasteiger partial charge is 0.291 e. The van der Waals surface area contributed by atoms with Gasteiger partial charge in [0.15, 0.2) is 5.76 Å². The maximum atomic E-state index is 11.9. The average molecular weight is 230 g/mol. The van der Waals surface area contributed by atoms with Gasteiger partial charge in [-0.25, -0.2) is 0 Å². The topological polar surface area (TPSA) is 68.3 Å². The van der Waals surface area contributed by atoms with Crippen molar-refractivity contribution >= 4 is 11.6 Å². The number of hydrogen-bond acceptors (Lipinski definition) is 3. The normalized spacial score (nSPS) is 10.2. The quantitative estimate of drug-likeness (QED) is 0.850. The minimum Gasteiger partial charge on any atom is -0.459 e. The highest BCUT2D eigenvalue weighted by Crippen LogP contribution is 2.17. The van der Waals surface area contributed by atoms with Crippen LogP contribution in [0.3, 0.4) is 0 Å². The Kier molecular flexibility index (Phi) is 3.25. The number of nitrogens with one attached hydrogen (secondary N) is 1. The lowest BCUT2D eigenvalue weighted by Crippen LogP contribution is -2.14. The molecule has 2 aromatic rings. The molecule has 0 unspecified atom stereocenters. The molecule has 0 radical (unpaired) electrons. The molecule has 0 aliphatic carbocycles. The van der Waals surface area contributed by atoms with Gasteiger partial charge >= 0.3 is 0 Å². The molecule has 17 heavy (non-hydrogen) atoms. The second-order valence-corrected chi connectivity index (χ2v) is 3.75. The molecule has 1 aromatic carbocycles. The minimum absolute atomic E-state index is 0.256. The molecule has 0 spiro atoms. The highest BCUT2D eigenvalue weighted by molar-refractivity contribution is 6.03. The van der Waals surface area contributed by atoms with Crippen molar-refractivity contribution in [3.8, 4) is 0 Å². The molecular weight excluding hydrogens is 216 g/mol. The van der Waals surface area contributed by atoms with Crippen molar-refractivity contribution in [1.29, 1.82) is 0 Å². The Morgan fingerprint density at radius 1 is 1.35 bits per heavy atom. The maximum Gasteiger partial charge on any atom is 0.291 e. The zero-order chi connectivity index (χ0) is 12.3. The fourth-order valence-electron chi connectivity index (χ4n) is 1.60. The van der Waals surface area contributed by atoms with E-state index < -0.39 is 0 Å². The number of anilines is 1. The molecule has 4 nitrogen and oxygen atoms in total. The number of nitrogens with two attached hydrogens (primary N) is 1. The van der Waals surface area contributed by atoms with Crippen LogP contribution >= 0.6 is 0 Å². The number of aryl methyl sites for hydroxylation is 1. The van der Waals surface area contributed by atoms with E-state index in [1.165, 1.54) is 6.26 Å². The van der Waals surface area contributed by atoms with E-state index in [2.05, 4.69) is 5.32 Å². The summed E-state index contributed by atoms with van der Waals surface area (Å²) >= 11 is 0. The second kappa shape index (κ2) is 4.84.